The number of anilines is 1. The van der Waals surface area contributed by atoms with Crippen LogP contribution in [0.3, 0.4) is 0 Å². The number of hydrazone groups is 1. The lowest BCUT2D eigenvalue weighted by atomic mass is 9.99. The Labute approximate surface area is 151 Å². The number of rotatable bonds is 5. The van der Waals surface area contributed by atoms with E-state index in [9.17, 15) is 34.6 Å². The number of nitrogens with one attached hydrogen (secondary N) is 1. The molecule has 0 bridgehead atoms. The van der Waals surface area contributed by atoms with E-state index < -0.39 is 45.0 Å². The molecule has 142 valence electrons. The number of nitro groups is 2. The van der Waals surface area contributed by atoms with Crippen LogP contribution in [0.5, 0.6) is 0 Å². The Morgan fingerprint density at radius 1 is 1.07 bits per heavy atom. The largest absolute Gasteiger partial charge is 0.332 e. The SMILES string of the molecule is C/C(=N/Nc1ccc([N+](=O)[O-])cc1[N+](=O)[O-])C1C(=O)N(C)C(=O)N(C)C1=O. The average molecular weight is 378 g/mol. The van der Waals surface area contributed by atoms with Crippen molar-refractivity contribution in [1.29, 1.82) is 0 Å². The minimum Gasteiger partial charge on any atom is -0.273 e. The highest BCUT2D eigenvalue weighted by Gasteiger charge is 2.44. The van der Waals surface area contributed by atoms with E-state index in [-0.39, 0.29) is 11.4 Å². The average Bonchev–Trinajstić information content (AvgIpc) is 2.62. The lowest BCUT2D eigenvalue weighted by molar-refractivity contribution is -0.393. The van der Waals surface area contributed by atoms with Crippen molar-refractivity contribution in [2.45, 2.75) is 6.92 Å². The van der Waals surface area contributed by atoms with Gasteiger partial charge in [0.1, 0.15) is 5.69 Å². The van der Waals surface area contributed by atoms with Crippen molar-refractivity contribution in [3.63, 3.8) is 0 Å². The summed E-state index contributed by atoms with van der Waals surface area (Å²) in [6, 6.07) is 2.09. The van der Waals surface area contributed by atoms with Crippen LogP contribution in [0.1, 0.15) is 6.92 Å². The number of barbiturate groups is 1. The zero-order valence-electron chi connectivity index (χ0n) is 14.4. The standard InChI is InChI=1S/C14H14N6O7/c1-7(11-12(21)17(2)14(23)18(3)13(11)22)15-16-9-5-4-8(19(24)25)6-10(9)20(26)27/h4-6,11,16H,1-3H3/b15-7-. The molecule has 0 unspecified atom stereocenters. The summed E-state index contributed by atoms with van der Waals surface area (Å²) in [4.78, 5) is 57.9. The van der Waals surface area contributed by atoms with Crippen LogP contribution in [0.15, 0.2) is 23.3 Å². The second kappa shape index (κ2) is 7.15. The molecular formula is C14H14N6O7. The quantitative estimate of drug-likeness (QED) is 0.342. The summed E-state index contributed by atoms with van der Waals surface area (Å²) in [5.74, 6) is -2.95. The van der Waals surface area contributed by atoms with E-state index in [4.69, 9.17) is 0 Å². The molecule has 0 spiro atoms. The molecule has 0 radical (unpaired) electrons. The monoisotopic (exact) mass is 378 g/mol. The van der Waals surface area contributed by atoms with Gasteiger partial charge in [0.25, 0.3) is 5.69 Å². The summed E-state index contributed by atoms with van der Waals surface area (Å²) < 4.78 is 0. The predicted octanol–water partition coefficient (Wildman–Crippen LogP) is 0.957. The maximum Gasteiger partial charge on any atom is 0.332 e. The van der Waals surface area contributed by atoms with Gasteiger partial charge in [0.15, 0.2) is 5.92 Å². The van der Waals surface area contributed by atoms with Crippen LogP contribution in [0.4, 0.5) is 21.9 Å². The van der Waals surface area contributed by atoms with Crippen molar-refractivity contribution in [2.24, 2.45) is 11.0 Å². The molecule has 0 atom stereocenters. The first-order valence-electron chi connectivity index (χ1n) is 7.38. The van der Waals surface area contributed by atoms with Gasteiger partial charge in [-0.1, -0.05) is 0 Å². The van der Waals surface area contributed by atoms with Crippen molar-refractivity contribution in [3.05, 3.63) is 38.4 Å². The minimum atomic E-state index is -1.37. The van der Waals surface area contributed by atoms with Crippen LogP contribution < -0.4 is 5.43 Å². The molecule has 1 heterocycles. The molecule has 1 saturated heterocycles. The third kappa shape index (κ3) is 3.56. The maximum atomic E-state index is 12.2. The van der Waals surface area contributed by atoms with Crippen molar-refractivity contribution >= 4 is 40.6 Å². The number of non-ortho nitro benzene ring substituents is 1. The van der Waals surface area contributed by atoms with E-state index in [2.05, 4.69) is 10.5 Å². The molecule has 0 aliphatic carbocycles. The Hall–Kier alpha value is -3.90. The van der Waals surface area contributed by atoms with Crippen LogP contribution >= 0.6 is 0 Å². The highest BCUT2D eigenvalue weighted by atomic mass is 16.6. The van der Waals surface area contributed by atoms with Gasteiger partial charge in [-0.05, 0) is 13.0 Å². The van der Waals surface area contributed by atoms with E-state index in [1.807, 2.05) is 0 Å². The highest BCUT2D eigenvalue weighted by Crippen LogP contribution is 2.29. The van der Waals surface area contributed by atoms with Crippen molar-refractivity contribution < 1.29 is 24.2 Å². The fourth-order valence-electron chi connectivity index (χ4n) is 2.36. The number of imide groups is 2. The number of nitro benzene ring substituents is 2. The van der Waals surface area contributed by atoms with Crippen molar-refractivity contribution in [3.8, 4) is 0 Å². The Morgan fingerprint density at radius 2 is 1.63 bits per heavy atom. The fraction of sp³-hybridized carbons (Fsp3) is 0.286. The molecule has 1 aromatic carbocycles. The smallest absolute Gasteiger partial charge is 0.273 e. The van der Waals surface area contributed by atoms with E-state index in [1.165, 1.54) is 21.0 Å². The fourth-order valence-corrected chi connectivity index (χ4v) is 2.36. The van der Waals surface area contributed by atoms with E-state index in [0.717, 1.165) is 28.0 Å². The number of benzene rings is 1. The van der Waals surface area contributed by atoms with Crippen LogP contribution in [0, 0.1) is 26.1 Å². The summed E-state index contributed by atoms with van der Waals surface area (Å²) in [6.07, 6.45) is 0. The van der Waals surface area contributed by atoms with Gasteiger partial charge in [-0.15, -0.1) is 0 Å². The lowest BCUT2D eigenvalue weighted by Crippen LogP contribution is -2.58. The summed E-state index contributed by atoms with van der Waals surface area (Å²) in [6.45, 7) is 1.34. The first-order chi connectivity index (χ1) is 12.6. The van der Waals surface area contributed by atoms with Crippen molar-refractivity contribution in [1.82, 2.24) is 9.80 Å². The summed E-state index contributed by atoms with van der Waals surface area (Å²) in [5.41, 5.74) is 1.05. The molecule has 13 heteroatoms. The molecule has 1 aliphatic heterocycles. The van der Waals surface area contributed by atoms with Crippen LogP contribution in [0.25, 0.3) is 0 Å². The predicted molar refractivity (Wildman–Crippen MR) is 90.9 cm³/mol. The van der Waals surface area contributed by atoms with Crippen LogP contribution in [-0.2, 0) is 9.59 Å². The number of carbonyl (C=O) groups excluding carboxylic acids is 3. The van der Waals surface area contributed by atoms with Gasteiger partial charge in [-0.3, -0.25) is 45.0 Å². The molecule has 1 aromatic rings. The normalized spacial score (nSPS) is 16.0. The van der Waals surface area contributed by atoms with E-state index >= 15 is 0 Å². The molecule has 0 saturated carbocycles. The molecular weight excluding hydrogens is 364 g/mol. The van der Waals surface area contributed by atoms with Gasteiger partial charge in [-0.2, -0.15) is 5.10 Å². The maximum absolute atomic E-state index is 12.2. The number of nitrogens with zero attached hydrogens (tertiary/aromatic N) is 5. The Kier molecular flexibility index (Phi) is 5.14. The van der Waals surface area contributed by atoms with Crippen molar-refractivity contribution in [2.75, 3.05) is 19.5 Å². The molecule has 0 aromatic heterocycles. The van der Waals surface area contributed by atoms with Gasteiger partial charge < -0.3 is 0 Å². The number of hydrogen-bond donors (Lipinski definition) is 1. The van der Waals surface area contributed by atoms with Gasteiger partial charge in [-0.25, -0.2) is 4.79 Å². The second-order valence-corrected chi connectivity index (χ2v) is 5.59. The molecule has 27 heavy (non-hydrogen) atoms. The Bertz CT molecular complexity index is 872. The topological polar surface area (TPSA) is 168 Å². The minimum absolute atomic E-state index is 0.0381. The first-order valence-corrected chi connectivity index (χ1v) is 7.38. The summed E-state index contributed by atoms with van der Waals surface area (Å²) in [7, 11) is 2.42. The van der Waals surface area contributed by atoms with E-state index in [0.29, 0.717) is 0 Å². The van der Waals surface area contributed by atoms with Gasteiger partial charge >= 0.3 is 11.7 Å². The first kappa shape index (κ1) is 19.4. The second-order valence-electron chi connectivity index (χ2n) is 5.59. The highest BCUT2D eigenvalue weighted by molar-refractivity contribution is 6.27. The lowest BCUT2D eigenvalue weighted by Gasteiger charge is -2.32. The molecule has 4 amide bonds. The van der Waals surface area contributed by atoms with Gasteiger partial charge in [0.05, 0.1) is 21.6 Å². The molecule has 1 fully saturated rings. The van der Waals surface area contributed by atoms with Gasteiger partial charge in [0, 0.05) is 20.2 Å². The number of carbonyl (C=O) groups is 3. The molecule has 2 rings (SSSR count). The summed E-state index contributed by atoms with van der Waals surface area (Å²) >= 11 is 0. The number of amides is 4. The summed E-state index contributed by atoms with van der Waals surface area (Å²) in [5, 5.41) is 25.7. The number of hydrogen-bond acceptors (Lipinski definition) is 9. The zero-order chi connectivity index (χ0) is 20.5. The molecule has 1 aliphatic rings. The zero-order valence-corrected chi connectivity index (χ0v) is 14.4. The Balaban J connectivity index is 2.33. The third-order valence-corrected chi connectivity index (χ3v) is 3.89. The Morgan fingerprint density at radius 3 is 2.11 bits per heavy atom. The number of urea groups is 1. The molecule has 1 N–H and O–H groups in total. The van der Waals surface area contributed by atoms with E-state index in [1.54, 1.807) is 0 Å². The van der Waals surface area contributed by atoms with Crippen LogP contribution in [-0.4, -0.2) is 57.3 Å². The molecule has 13 nitrogen and oxygen atoms in total. The van der Waals surface area contributed by atoms with Gasteiger partial charge in [0.2, 0.25) is 11.8 Å². The van der Waals surface area contributed by atoms with Crippen LogP contribution in [0.2, 0.25) is 0 Å². The third-order valence-electron chi connectivity index (χ3n) is 3.89.